The van der Waals surface area contributed by atoms with E-state index in [-0.39, 0.29) is 27.9 Å². The Kier molecular flexibility index (Phi) is 6.78. The molecule has 0 saturated carbocycles. The average Bonchev–Trinajstić information content (AvgIpc) is 3.42. The Bertz CT molecular complexity index is 1660. The summed E-state index contributed by atoms with van der Waals surface area (Å²) in [7, 11) is -1.44. The maximum Gasteiger partial charge on any atom is 0.222 e. The summed E-state index contributed by atoms with van der Waals surface area (Å²) in [4.78, 5) is 24.1. The number of nitrogens with one attached hydrogen (secondary N) is 2. The zero-order valence-electron chi connectivity index (χ0n) is 20.4. The topological polar surface area (TPSA) is 127 Å². The van der Waals surface area contributed by atoms with Crippen LogP contribution in [-0.2, 0) is 31.3 Å². The Morgan fingerprint density at radius 3 is 2.84 bits per heavy atom. The van der Waals surface area contributed by atoms with E-state index in [2.05, 4.69) is 21.8 Å². The van der Waals surface area contributed by atoms with Crippen LogP contribution in [0.25, 0.3) is 44.6 Å². The van der Waals surface area contributed by atoms with E-state index in [4.69, 9.17) is 24.5 Å². The number of aromatic amines is 1. The number of hydrogen-bond acceptors (Lipinski definition) is 8. The van der Waals surface area contributed by atoms with Crippen molar-refractivity contribution in [3.63, 3.8) is 0 Å². The number of fused-ring (bicyclic) bond motifs is 2. The fourth-order valence-electron chi connectivity index (χ4n) is 4.69. The number of morpholine rings is 1. The van der Waals surface area contributed by atoms with E-state index in [0.717, 1.165) is 16.5 Å². The molecule has 6 rings (SSSR count). The molecule has 2 N–H and O–H groups in total. The molecule has 0 radical (unpaired) electrons. The predicted molar refractivity (Wildman–Crippen MR) is 149 cm³/mol. The molecule has 38 heavy (non-hydrogen) atoms. The highest BCUT2D eigenvalue weighted by molar-refractivity contribution is 8.56. The Balaban J connectivity index is 1.50. The zero-order valence-corrected chi connectivity index (χ0v) is 22.1. The monoisotopic (exact) mass is 549 g/mol. The molecular weight excluding hydrogens is 525 g/mol. The molecule has 5 heterocycles. The zero-order chi connectivity index (χ0) is 26.2. The highest BCUT2D eigenvalue weighted by Gasteiger charge is 2.25. The van der Waals surface area contributed by atoms with Gasteiger partial charge in [-0.1, -0.05) is 12.1 Å². The van der Waals surface area contributed by atoms with Gasteiger partial charge in [-0.3, -0.25) is 0 Å². The number of nitrogens with zero attached hydrogens (tertiary/aromatic N) is 5. The Morgan fingerprint density at radius 2 is 2.03 bits per heavy atom. The van der Waals surface area contributed by atoms with Gasteiger partial charge >= 0.3 is 0 Å². The lowest BCUT2D eigenvalue weighted by Crippen LogP contribution is -2.44. The van der Waals surface area contributed by atoms with Crippen molar-refractivity contribution in [3.8, 4) is 22.6 Å². The minimum atomic E-state index is -1.43. The quantitative estimate of drug-likeness (QED) is 0.124. The van der Waals surface area contributed by atoms with Gasteiger partial charge < -0.3 is 19.2 Å². The highest BCUT2D eigenvalue weighted by atomic mass is 33.1. The summed E-state index contributed by atoms with van der Waals surface area (Å²) >= 11 is 0. The highest BCUT2D eigenvalue weighted by Crippen LogP contribution is 2.33. The van der Waals surface area contributed by atoms with Crippen molar-refractivity contribution >= 4 is 48.6 Å². The van der Waals surface area contributed by atoms with Crippen molar-refractivity contribution < 1.29 is 13.7 Å². The van der Waals surface area contributed by atoms with Crippen LogP contribution in [0.15, 0.2) is 54.7 Å². The van der Waals surface area contributed by atoms with Gasteiger partial charge in [0.1, 0.15) is 5.52 Å². The molecule has 9 nitrogen and oxygen atoms in total. The van der Waals surface area contributed by atoms with Gasteiger partial charge in [0.05, 0.1) is 52.3 Å². The molecule has 0 amide bonds. The standard InChI is InChI=1S/C26H24FN7O2S2/c1-15-13-36-12-11-34(15)26-23-22(32-25(33-26)18-3-2-4-20-17(18)9-10-29-20)8-7-21(31-23)19-6-5-16(30-24(19)27)14-38(35)37-28/h2-10,15,28-29,37H,11-14H2,1H3/t15-,38?/m1/s1. The molecule has 0 aliphatic carbocycles. The van der Waals surface area contributed by atoms with E-state index in [1.54, 1.807) is 18.2 Å². The summed E-state index contributed by atoms with van der Waals surface area (Å²) in [5.41, 5.74) is 4.09. The second-order valence-electron chi connectivity index (χ2n) is 8.99. The van der Waals surface area contributed by atoms with Gasteiger partial charge in [0.2, 0.25) is 5.95 Å². The van der Waals surface area contributed by atoms with Gasteiger partial charge in [-0.05, 0) is 43.3 Å². The lowest BCUT2D eigenvalue weighted by atomic mass is 10.1. The number of hydrogen-bond donors (Lipinski definition) is 3. The number of benzene rings is 1. The number of thiol groups is 1. The smallest absolute Gasteiger partial charge is 0.222 e. The van der Waals surface area contributed by atoms with E-state index in [1.807, 2.05) is 36.5 Å². The van der Waals surface area contributed by atoms with Crippen molar-refractivity contribution in [1.29, 1.82) is 4.78 Å². The van der Waals surface area contributed by atoms with Crippen molar-refractivity contribution in [2.24, 2.45) is 0 Å². The largest absolute Gasteiger partial charge is 0.604 e. The Labute approximate surface area is 224 Å². The van der Waals surface area contributed by atoms with Crippen LogP contribution in [0.1, 0.15) is 12.6 Å². The van der Waals surface area contributed by atoms with E-state index in [0.29, 0.717) is 53.8 Å². The van der Waals surface area contributed by atoms with Crippen LogP contribution >= 0.6 is 0 Å². The number of anilines is 1. The molecule has 1 aliphatic rings. The van der Waals surface area contributed by atoms with Crippen LogP contribution < -0.4 is 4.90 Å². The minimum Gasteiger partial charge on any atom is -0.604 e. The van der Waals surface area contributed by atoms with Crippen LogP contribution in [0.4, 0.5) is 10.2 Å². The second kappa shape index (κ2) is 10.4. The van der Waals surface area contributed by atoms with Gasteiger partial charge in [-0.15, -0.1) is 0 Å². The number of ether oxygens (including phenoxy) is 1. The fourth-order valence-corrected chi connectivity index (χ4v) is 5.76. The lowest BCUT2D eigenvalue weighted by molar-refractivity contribution is 0.0987. The second-order valence-corrected chi connectivity index (χ2v) is 11.9. The van der Waals surface area contributed by atoms with Crippen molar-refractivity contribution in [1.82, 2.24) is 24.9 Å². The molecule has 4 aromatic heterocycles. The predicted octanol–water partition coefficient (Wildman–Crippen LogP) is 4.34. The number of rotatable bonds is 6. The first-order chi connectivity index (χ1) is 18.5. The van der Waals surface area contributed by atoms with Crippen LogP contribution in [0.2, 0.25) is 0 Å². The number of H-pyrrole nitrogens is 1. The summed E-state index contributed by atoms with van der Waals surface area (Å²) in [5.74, 6) is 0.581. The van der Waals surface area contributed by atoms with E-state index in [9.17, 15) is 4.55 Å². The molecule has 2 atom stereocenters. The number of pyridine rings is 2. The van der Waals surface area contributed by atoms with E-state index >= 15 is 4.39 Å². The number of halogens is 1. The molecule has 1 saturated heterocycles. The molecule has 1 unspecified atom stereocenters. The first-order valence-corrected chi connectivity index (χ1v) is 14.8. The summed E-state index contributed by atoms with van der Waals surface area (Å²) in [6.07, 6.45) is 1.89. The molecule has 194 valence electrons. The first kappa shape index (κ1) is 24.9. The maximum atomic E-state index is 15.1. The van der Waals surface area contributed by atoms with Crippen LogP contribution in [0, 0.1) is 10.7 Å². The molecule has 1 aromatic carbocycles. The van der Waals surface area contributed by atoms with Crippen molar-refractivity contribution in [2.75, 3.05) is 24.7 Å². The summed E-state index contributed by atoms with van der Waals surface area (Å²) in [6, 6.07) is 14.8. The third-order valence-electron chi connectivity index (χ3n) is 6.55. The fraction of sp³-hybridized carbons (Fsp3) is 0.231. The van der Waals surface area contributed by atoms with Gasteiger partial charge in [0, 0.05) is 39.4 Å². The van der Waals surface area contributed by atoms with Gasteiger partial charge in [0.25, 0.3) is 0 Å². The Hall–Kier alpha value is -3.45. The van der Waals surface area contributed by atoms with Gasteiger partial charge in [-0.25, -0.2) is 24.7 Å². The third kappa shape index (κ3) is 4.64. The van der Waals surface area contributed by atoms with E-state index in [1.165, 1.54) is 0 Å². The van der Waals surface area contributed by atoms with Crippen LogP contribution in [-0.4, -0.2) is 55.3 Å². The minimum absolute atomic E-state index is 0.0125. The van der Waals surface area contributed by atoms with Gasteiger partial charge in [-0.2, -0.15) is 4.39 Å². The third-order valence-corrected chi connectivity index (χ3v) is 8.30. The van der Waals surface area contributed by atoms with Crippen molar-refractivity contribution in [3.05, 3.63) is 66.4 Å². The van der Waals surface area contributed by atoms with E-state index < -0.39 is 16.2 Å². The molecule has 0 spiro atoms. The SMILES string of the molecule is C[C@@H]1COCCN1c1nc(-c2cccc3[nH]ccc23)nc2ccc(-c3ccc(C[S+]([O-])[SH]=N)nc3F)nc12. The number of aromatic nitrogens is 5. The maximum absolute atomic E-state index is 15.1. The van der Waals surface area contributed by atoms with Crippen LogP contribution in [0.3, 0.4) is 0 Å². The summed E-state index contributed by atoms with van der Waals surface area (Å²) in [5, 5.41) is 1.02. The molecular formula is C26H24FN7O2S2. The van der Waals surface area contributed by atoms with Crippen LogP contribution in [0.5, 0.6) is 0 Å². The molecule has 12 heteroatoms. The Morgan fingerprint density at radius 1 is 1.13 bits per heavy atom. The summed E-state index contributed by atoms with van der Waals surface area (Å²) < 4.78 is 39.6. The van der Waals surface area contributed by atoms with Gasteiger partial charge in [0.15, 0.2) is 17.4 Å². The summed E-state index contributed by atoms with van der Waals surface area (Å²) in [6.45, 7) is 3.85. The lowest BCUT2D eigenvalue weighted by Gasteiger charge is -2.34. The molecule has 0 bridgehead atoms. The normalized spacial score (nSPS) is 16.8. The average molecular weight is 550 g/mol. The van der Waals surface area contributed by atoms with Crippen molar-refractivity contribution in [2.45, 2.75) is 18.7 Å². The molecule has 5 aromatic rings. The molecule has 1 aliphatic heterocycles. The first-order valence-electron chi connectivity index (χ1n) is 12.0. The molecule has 1 fully saturated rings.